The molecule has 1 N–H and O–H groups in total. The van der Waals surface area contributed by atoms with Gasteiger partial charge in [-0.15, -0.1) is 0 Å². The second-order valence-corrected chi connectivity index (χ2v) is 3.26. The molecule has 0 aliphatic heterocycles. The van der Waals surface area contributed by atoms with Crippen LogP contribution in [0.15, 0.2) is 24.9 Å². The van der Waals surface area contributed by atoms with Crippen molar-refractivity contribution in [1.82, 2.24) is 25.1 Å². The largest absolute Gasteiger partial charge is 0.313 e. The molecule has 2 aromatic rings. The van der Waals surface area contributed by atoms with Gasteiger partial charge in [-0.3, -0.25) is 0 Å². The van der Waals surface area contributed by atoms with Crippen molar-refractivity contribution in [1.29, 1.82) is 0 Å². The number of halogens is 1. The Kier molecular flexibility index (Phi) is 3.21. The third kappa shape index (κ3) is 2.22. The summed E-state index contributed by atoms with van der Waals surface area (Å²) < 4.78 is 14.6. The fourth-order valence-electron chi connectivity index (χ4n) is 1.39. The summed E-state index contributed by atoms with van der Waals surface area (Å²) in [7, 11) is 0. The molecule has 2 heterocycles. The van der Waals surface area contributed by atoms with Crippen LogP contribution in [0.5, 0.6) is 0 Å². The van der Waals surface area contributed by atoms with E-state index in [1.807, 2.05) is 6.92 Å². The van der Waals surface area contributed by atoms with Gasteiger partial charge in [0.2, 0.25) is 0 Å². The maximum absolute atomic E-state index is 13.1. The smallest absolute Gasteiger partial charge is 0.159 e. The van der Waals surface area contributed by atoms with Crippen LogP contribution in [-0.4, -0.2) is 26.3 Å². The zero-order valence-corrected chi connectivity index (χ0v) is 8.89. The highest BCUT2D eigenvalue weighted by atomic mass is 19.1. The number of hydrogen-bond donors (Lipinski definition) is 1. The fourth-order valence-corrected chi connectivity index (χ4v) is 1.39. The molecule has 0 bridgehead atoms. The normalized spacial score (nSPS) is 10.6. The predicted octanol–water partition coefficient (Wildman–Crippen LogP) is 0.911. The molecule has 0 aliphatic carbocycles. The number of hydrogen-bond acceptors (Lipinski definition) is 4. The first-order valence-corrected chi connectivity index (χ1v) is 5.01. The zero-order valence-electron chi connectivity index (χ0n) is 8.89. The molecule has 0 unspecified atom stereocenters. The number of nitrogens with one attached hydrogen (secondary N) is 1. The SMILES string of the molecule is CCNCc1cc(F)cnc1-n1cncn1. The summed E-state index contributed by atoms with van der Waals surface area (Å²) in [5, 5.41) is 7.10. The summed E-state index contributed by atoms with van der Waals surface area (Å²) in [5.41, 5.74) is 0.757. The van der Waals surface area contributed by atoms with Gasteiger partial charge in [-0.2, -0.15) is 5.10 Å². The Hall–Kier alpha value is -1.82. The summed E-state index contributed by atoms with van der Waals surface area (Å²) in [6.07, 6.45) is 4.13. The van der Waals surface area contributed by atoms with Gasteiger partial charge in [0.05, 0.1) is 6.20 Å². The third-order valence-corrected chi connectivity index (χ3v) is 2.11. The molecule has 0 saturated carbocycles. The highest BCUT2D eigenvalue weighted by molar-refractivity contribution is 5.32. The highest BCUT2D eigenvalue weighted by Crippen LogP contribution is 2.11. The summed E-state index contributed by atoms with van der Waals surface area (Å²) in [6, 6.07) is 1.45. The lowest BCUT2D eigenvalue weighted by Gasteiger charge is -2.08. The van der Waals surface area contributed by atoms with Gasteiger partial charge in [0.25, 0.3) is 0 Å². The molecule has 84 valence electrons. The summed E-state index contributed by atoms with van der Waals surface area (Å²) >= 11 is 0. The van der Waals surface area contributed by atoms with E-state index in [1.165, 1.54) is 29.6 Å². The first kappa shape index (κ1) is 10.7. The van der Waals surface area contributed by atoms with Crippen molar-refractivity contribution in [2.45, 2.75) is 13.5 Å². The van der Waals surface area contributed by atoms with Gasteiger partial charge in [-0.05, 0) is 12.6 Å². The second kappa shape index (κ2) is 4.80. The minimum atomic E-state index is -0.350. The van der Waals surface area contributed by atoms with Crippen LogP contribution in [-0.2, 0) is 6.54 Å². The molecule has 2 rings (SSSR count). The molecule has 0 spiro atoms. The molecule has 0 saturated heterocycles. The summed E-state index contributed by atoms with van der Waals surface area (Å²) in [4.78, 5) is 7.86. The number of nitrogens with zero attached hydrogens (tertiary/aromatic N) is 4. The zero-order chi connectivity index (χ0) is 11.4. The van der Waals surface area contributed by atoms with Crippen molar-refractivity contribution in [3.05, 3.63) is 36.3 Å². The maximum Gasteiger partial charge on any atom is 0.159 e. The molecule has 2 aromatic heterocycles. The summed E-state index contributed by atoms with van der Waals surface area (Å²) in [6.45, 7) is 3.35. The molecular weight excluding hydrogens is 209 g/mol. The second-order valence-electron chi connectivity index (χ2n) is 3.26. The summed E-state index contributed by atoms with van der Waals surface area (Å²) in [5.74, 6) is 0.247. The van der Waals surface area contributed by atoms with Gasteiger partial charge in [-0.25, -0.2) is 19.0 Å². The van der Waals surface area contributed by atoms with Crippen LogP contribution in [0.3, 0.4) is 0 Å². The van der Waals surface area contributed by atoms with Gasteiger partial charge < -0.3 is 5.32 Å². The molecule has 0 amide bonds. The van der Waals surface area contributed by atoms with E-state index >= 15 is 0 Å². The van der Waals surface area contributed by atoms with E-state index in [9.17, 15) is 4.39 Å². The molecule has 0 atom stereocenters. The molecule has 16 heavy (non-hydrogen) atoms. The standard InChI is InChI=1S/C10H12FN5/c1-2-12-4-8-3-9(11)5-14-10(8)16-7-13-6-15-16/h3,5-7,12H,2,4H2,1H3. The van der Waals surface area contributed by atoms with Gasteiger partial charge in [-0.1, -0.05) is 6.92 Å². The molecule has 0 aromatic carbocycles. The van der Waals surface area contributed by atoms with E-state index in [4.69, 9.17) is 0 Å². The van der Waals surface area contributed by atoms with Crippen LogP contribution in [0.2, 0.25) is 0 Å². The first-order valence-electron chi connectivity index (χ1n) is 5.01. The molecule has 6 heteroatoms. The third-order valence-electron chi connectivity index (χ3n) is 2.11. The van der Waals surface area contributed by atoms with Crippen molar-refractivity contribution in [3.63, 3.8) is 0 Å². The lowest BCUT2D eigenvalue weighted by Crippen LogP contribution is -2.15. The number of aromatic nitrogens is 4. The topological polar surface area (TPSA) is 55.6 Å². The average molecular weight is 221 g/mol. The fraction of sp³-hybridized carbons (Fsp3) is 0.300. The van der Waals surface area contributed by atoms with Crippen molar-refractivity contribution in [2.24, 2.45) is 0 Å². The molecule has 0 radical (unpaired) electrons. The van der Waals surface area contributed by atoms with Crippen LogP contribution in [0.1, 0.15) is 12.5 Å². The molecule has 0 aliphatic rings. The van der Waals surface area contributed by atoms with Crippen LogP contribution < -0.4 is 5.32 Å². The Morgan fingerprint density at radius 3 is 3.06 bits per heavy atom. The monoisotopic (exact) mass is 221 g/mol. The van der Waals surface area contributed by atoms with Crippen LogP contribution in [0, 0.1) is 5.82 Å². The van der Waals surface area contributed by atoms with E-state index < -0.39 is 0 Å². The Balaban J connectivity index is 2.36. The maximum atomic E-state index is 13.1. The van der Waals surface area contributed by atoms with Crippen molar-refractivity contribution < 1.29 is 4.39 Å². The van der Waals surface area contributed by atoms with Crippen molar-refractivity contribution in [2.75, 3.05) is 6.54 Å². The van der Waals surface area contributed by atoms with E-state index in [0.717, 1.165) is 12.1 Å². The van der Waals surface area contributed by atoms with E-state index in [1.54, 1.807) is 0 Å². The minimum Gasteiger partial charge on any atom is -0.313 e. The van der Waals surface area contributed by atoms with Crippen LogP contribution >= 0.6 is 0 Å². The van der Waals surface area contributed by atoms with Crippen molar-refractivity contribution >= 4 is 0 Å². The van der Waals surface area contributed by atoms with E-state index in [-0.39, 0.29) is 5.82 Å². The van der Waals surface area contributed by atoms with E-state index in [2.05, 4.69) is 20.4 Å². The number of pyridine rings is 1. The predicted molar refractivity (Wildman–Crippen MR) is 56.5 cm³/mol. The van der Waals surface area contributed by atoms with Gasteiger partial charge >= 0.3 is 0 Å². The Bertz CT molecular complexity index is 454. The molecule has 0 fully saturated rings. The quantitative estimate of drug-likeness (QED) is 0.833. The lowest BCUT2D eigenvalue weighted by atomic mass is 10.2. The van der Waals surface area contributed by atoms with Crippen molar-refractivity contribution in [3.8, 4) is 5.82 Å². The molecule has 5 nitrogen and oxygen atoms in total. The average Bonchev–Trinajstić information content (AvgIpc) is 2.80. The van der Waals surface area contributed by atoms with Gasteiger partial charge in [0.15, 0.2) is 5.82 Å². The number of rotatable bonds is 4. The Morgan fingerprint density at radius 1 is 1.50 bits per heavy atom. The Labute approximate surface area is 92.3 Å². The minimum absolute atomic E-state index is 0.350. The van der Waals surface area contributed by atoms with Crippen LogP contribution in [0.4, 0.5) is 4.39 Å². The highest BCUT2D eigenvalue weighted by Gasteiger charge is 2.07. The lowest BCUT2D eigenvalue weighted by molar-refractivity contribution is 0.610. The van der Waals surface area contributed by atoms with Gasteiger partial charge in [0, 0.05) is 12.1 Å². The van der Waals surface area contributed by atoms with Gasteiger partial charge in [0.1, 0.15) is 18.5 Å². The molecular formula is C10H12FN5. The van der Waals surface area contributed by atoms with E-state index in [0.29, 0.717) is 12.4 Å². The van der Waals surface area contributed by atoms with Crippen LogP contribution in [0.25, 0.3) is 5.82 Å². The Morgan fingerprint density at radius 2 is 2.38 bits per heavy atom. The first-order chi connectivity index (χ1) is 7.81.